The quantitative estimate of drug-likeness (QED) is 0.477. The average molecular weight is 333 g/mol. The number of carbonyl (C=O) groups is 1. The van der Waals surface area contributed by atoms with Crippen molar-refractivity contribution in [1.82, 2.24) is 5.32 Å². The maximum atomic E-state index is 12.5. The van der Waals surface area contributed by atoms with Crippen LogP contribution < -0.4 is 5.32 Å². The van der Waals surface area contributed by atoms with E-state index in [0.29, 0.717) is 5.56 Å². The van der Waals surface area contributed by atoms with Crippen LogP contribution in [-0.2, 0) is 4.79 Å². The smallest absolute Gasteiger partial charge is 0.255 e. The SMILES string of the molecule is CCCC#Cc1ccc(C(=CO)C(=O)N[C@H](C)c2ccccc2)cc1. The standard InChI is InChI=1S/C22H23NO2/c1-3-4-6-9-18-12-14-20(15-13-18)21(16-24)22(25)23-17(2)19-10-7-5-8-11-19/h5,7-8,10-17,24H,3-4H2,1-2H3,(H,23,25)/t17-/m1/s1. The lowest BCUT2D eigenvalue weighted by molar-refractivity contribution is -0.116. The topological polar surface area (TPSA) is 49.3 Å². The normalized spacial score (nSPS) is 12.0. The van der Waals surface area contributed by atoms with Crippen LogP contribution in [0.5, 0.6) is 0 Å². The predicted molar refractivity (Wildman–Crippen MR) is 102 cm³/mol. The number of unbranched alkanes of at least 4 members (excludes halogenated alkanes) is 1. The first-order valence-electron chi connectivity index (χ1n) is 8.45. The Hall–Kier alpha value is -2.99. The number of amides is 1. The van der Waals surface area contributed by atoms with Gasteiger partial charge in [-0.2, -0.15) is 0 Å². The van der Waals surface area contributed by atoms with Gasteiger partial charge >= 0.3 is 0 Å². The fraction of sp³-hybridized carbons (Fsp3) is 0.227. The number of benzene rings is 2. The van der Waals surface area contributed by atoms with Crippen LogP contribution in [0, 0.1) is 11.8 Å². The Balaban J connectivity index is 2.09. The van der Waals surface area contributed by atoms with Crippen molar-refractivity contribution in [2.75, 3.05) is 0 Å². The van der Waals surface area contributed by atoms with Gasteiger partial charge in [0.25, 0.3) is 5.91 Å². The van der Waals surface area contributed by atoms with E-state index >= 15 is 0 Å². The van der Waals surface area contributed by atoms with E-state index in [1.807, 2.05) is 49.4 Å². The van der Waals surface area contributed by atoms with Gasteiger partial charge < -0.3 is 10.4 Å². The second-order valence-electron chi connectivity index (χ2n) is 5.78. The fourth-order valence-corrected chi connectivity index (χ4v) is 2.39. The summed E-state index contributed by atoms with van der Waals surface area (Å²) in [7, 11) is 0. The molecule has 1 atom stereocenters. The van der Waals surface area contributed by atoms with Crippen LogP contribution in [0.4, 0.5) is 0 Å². The molecule has 0 spiro atoms. The van der Waals surface area contributed by atoms with Gasteiger partial charge in [0.15, 0.2) is 0 Å². The van der Waals surface area contributed by atoms with Crippen LogP contribution in [0.2, 0.25) is 0 Å². The highest BCUT2D eigenvalue weighted by Gasteiger charge is 2.15. The van der Waals surface area contributed by atoms with Crippen LogP contribution in [0.25, 0.3) is 5.57 Å². The van der Waals surface area contributed by atoms with Gasteiger partial charge in [0.05, 0.1) is 17.9 Å². The van der Waals surface area contributed by atoms with Gasteiger partial charge in [-0.15, -0.1) is 0 Å². The van der Waals surface area contributed by atoms with Crippen molar-refractivity contribution in [1.29, 1.82) is 0 Å². The van der Waals surface area contributed by atoms with Crippen LogP contribution in [0.3, 0.4) is 0 Å². The Morgan fingerprint density at radius 3 is 2.44 bits per heavy atom. The highest BCUT2D eigenvalue weighted by atomic mass is 16.2. The van der Waals surface area contributed by atoms with E-state index in [0.717, 1.165) is 30.2 Å². The molecule has 0 aliphatic carbocycles. The summed E-state index contributed by atoms with van der Waals surface area (Å²) in [4.78, 5) is 12.5. The lowest BCUT2D eigenvalue weighted by Crippen LogP contribution is -2.27. The average Bonchev–Trinajstić information content (AvgIpc) is 2.64. The molecular formula is C22H23NO2. The van der Waals surface area contributed by atoms with Crippen LogP contribution in [0.15, 0.2) is 60.9 Å². The molecule has 0 unspecified atom stereocenters. The third-order valence-electron chi connectivity index (χ3n) is 3.82. The highest BCUT2D eigenvalue weighted by molar-refractivity contribution is 6.19. The van der Waals surface area contributed by atoms with E-state index < -0.39 is 0 Å². The van der Waals surface area contributed by atoms with Crippen molar-refractivity contribution in [2.24, 2.45) is 0 Å². The van der Waals surface area contributed by atoms with Crippen molar-refractivity contribution < 1.29 is 9.90 Å². The minimum atomic E-state index is -0.316. The molecule has 0 aromatic heterocycles. The fourth-order valence-electron chi connectivity index (χ4n) is 2.39. The van der Waals surface area contributed by atoms with Crippen LogP contribution >= 0.6 is 0 Å². The molecule has 0 aliphatic rings. The third-order valence-corrected chi connectivity index (χ3v) is 3.82. The molecular weight excluding hydrogens is 310 g/mol. The van der Waals surface area contributed by atoms with Gasteiger partial charge in [-0.25, -0.2) is 0 Å². The number of aliphatic hydroxyl groups is 1. The summed E-state index contributed by atoms with van der Waals surface area (Å²) in [5, 5.41) is 12.4. The number of hydrogen-bond acceptors (Lipinski definition) is 2. The first-order valence-corrected chi connectivity index (χ1v) is 8.45. The van der Waals surface area contributed by atoms with Crippen molar-refractivity contribution in [3.63, 3.8) is 0 Å². The number of nitrogens with one attached hydrogen (secondary N) is 1. The van der Waals surface area contributed by atoms with Crippen LogP contribution in [0.1, 0.15) is 49.4 Å². The Bertz CT molecular complexity index is 780. The second-order valence-corrected chi connectivity index (χ2v) is 5.78. The molecule has 128 valence electrons. The summed E-state index contributed by atoms with van der Waals surface area (Å²) in [6, 6.07) is 16.9. The minimum Gasteiger partial charge on any atom is -0.515 e. The molecule has 0 bridgehead atoms. The summed E-state index contributed by atoms with van der Waals surface area (Å²) in [6.07, 6.45) is 2.75. The Morgan fingerprint density at radius 2 is 1.84 bits per heavy atom. The molecule has 2 N–H and O–H groups in total. The molecule has 2 aromatic carbocycles. The van der Waals surface area contributed by atoms with Crippen LogP contribution in [-0.4, -0.2) is 11.0 Å². The van der Waals surface area contributed by atoms with Gasteiger partial charge in [-0.3, -0.25) is 4.79 Å². The Labute approximate surface area is 149 Å². The van der Waals surface area contributed by atoms with E-state index in [4.69, 9.17) is 0 Å². The van der Waals surface area contributed by atoms with Gasteiger partial charge in [-0.1, -0.05) is 61.2 Å². The second kappa shape index (κ2) is 9.34. The van der Waals surface area contributed by atoms with Gasteiger partial charge in [0.2, 0.25) is 0 Å². The number of rotatable bonds is 5. The Morgan fingerprint density at radius 1 is 1.16 bits per heavy atom. The van der Waals surface area contributed by atoms with Crippen molar-refractivity contribution in [3.05, 3.63) is 77.5 Å². The summed E-state index contributed by atoms with van der Waals surface area (Å²) in [6.45, 7) is 4.00. The largest absolute Gasteiger partial charge is 0.515 e. The molecule has 3 nitrogen and oxygen atoms in total. The number of hydrogen-bond donors (Lipinski definition) is 2. The third kappa shape index (κ3) is 5.26. The van der Waals surface area contributed by atoms with E-state index in [2.05, 4.69) is 24.1 Å². The van der Waals surface area contributed by atoms with E-state index in [1.54, 1.807) is 12.1 Å². The molecule has 0 aliphatic heterocycles. The molecule has 0 fully saturated rings. The molecule has 2 aromatic rings. The first-order chi connectivity index (χ1) is 12.2. The van der Waals surface area contributed by atoms with E-state index in [9.17, 15) is 9.90 Å². The minimum absolute atomic E-state index is 0.150. The summed E-state index contributed by atoms with van der Waals surface area (Å²) >= 11 is 0. The van der Waals surface area contributed by atoms with E-state index in [1.165, 1.54) is 0 Å². The first kappa shape index (κ1) is 18.4. The predicted octanol–water partition coefficient (Wildman–Crippen LogP) is 4.61. The summed E-state index contributed by atoms with van der Waals surface area (Å²) in [5.74, 6) is 5.85. The van der Waals surface area contributed by atoms with Gasteiger partial charge in [0.1, 0.15) is 0 Å². The maximum Gasteiger partial charge on any atom is 0.255 e. The lowest BCUT2D eigenvalue weighted by atomic mass is 10.0. The monoisotopic (exact) mass is 333 g/mol. The molecule has 1 amide bonds. The molecule has 0 radical (unpaired) electrons. The molecule has 2 rings (SSSR count). The zero-order valence-corrected chi connectivity index (χ0v) is 14.6. The number of carbonyl (C=O) groups excluding carboxylic acids is 1. The van der Waals surface area contributed by atoms with Gasteiger partial charge in [-0.05, 0) is 36.6 Å². The molecule has 3 heteroatoms. The summed E-state index contributed by atoms with van der Waals surface area (Å²) in [5.41, 5.74) is 2.79. The molecule has 0 saturated carbocycles. The molecule has 0 saturated heterocycles. The van der Waals surface area contributed by atoms with Gasteiger partial charge in [0, 0.05) is 12.0 Å². The van der Waals surface area contributed by atoms with E-state index in [-0.39, 0.29) is 17.5 Å². The zero-order chi connectivity index (χ0) is 18.1. The zero-order valence-electron chi connectivity index (χ0n) is 14.6. The molecule has 25 heavy (non-hydrogen) atoms. The van der Waals surface area contributed by atoms with Crippen molar-refractivity contribution in [3.8, 4) is 11.8 Å². The lowest BCUT2D eigenvalue weighted by Gasteiger charge is -2.15. The van der Waals surface area contributed by atoms with Crippen molar-refractivity contribution >= 4 is 11.5 Å². The highest BCUT2D eigenvalue weighted by Crippen LogP contribution is 2.18. The maximum absolute atomic E-state index is 12.5. The molecule has 0 heterocycles. The number of aliphatic hydroxyl groups excluding tert-OH is 1. The van der Waals surface area contributed by atoms with Crippen molar-refractivity contribution in [2.45, 2.75) is 32.7 Å². The summed E-state index contributed by atoms with van der Waals surface area (Å²) < 4.78 is 0. The Kier molecular flexibility index (Phi) is 6.86.